The van der Waals surface area contributed by atoms with Gasteiger partial charge in [-0.15, -0.1) is 0 Å². The molecule has 1 amide bonds. The van der Waals surface area contributed by atoms with E-state index in [-0.39, 0.29) is 40.3 Å². The van der Waals surface area contributed by atoms with Gasteiger partial charge in [0.25, 0.3) is 0 Å². The van der Waals surface area contributed by atoms with Crippen LogP contribution in [0.3, 0.4) is 0 Å². The zero-order valence-electron chi connectivity index (χ0n) is 26.5. The molecule has 0 aromatic heterocycles. The number of benzene rings is 2. The monoisotopic (exact) mass is 656 g/mol. The van der Waals surface area contributed by atoms with Crippen molar-refractivity contribution in [3.63, 3.8) is 0 Å². The van der Waals surface area contributed by atoms with E-state index in [1.165, 1.54) is 25.3 Å². The maximum absolute atomic E-state index is 13.8. The number of methoxy groups -OCH3 is 1. The van der Waals surface area contributed by atoms with Gasteiger partial charge in [0.15, 0.2) is 17.9 Å². The van der Waals surface area contributed by atoms with Gasteiger partial charge >= 0.3 is 0 Å². The van der Waals surface area contributed by atoms with Gasteiger partial charge in [0, 0.05) is 36.0 Å². The summed E-state index contributed by atoms with van der Waals surface area (Å²) in [6.45, 7) is 4.31. The van der Waals surface area contributed by atoms with E-state index in [0.29, 0.717) is 6.42 Å². The molecule has 1 saturated heterocycles. The molecule has 1 aliphatic heterocycles. The number of phenols is 2. The van der Waals surface area contributed by atoms with E-state index in [1.54, 1.807) is 6.92 Å². The fourth-order valence-electron chi connectivity index (χ4n) is 6.76. The van der Waals surface area contributed by atoms with Gasteiger partial charge in [0.1, 0.15) is 35.6 Å². The first kappa shape index (κ1) is 34.4. The summed E-state index contributed by atoms with van der Waals surface area (Å²) in [5.74, 6) is -4.34. The molecule has 5 rings (SSSR count). The minimum atomic E-state index is -2.32. The Hall–Kier alpha value is -3.92. The lowest BCUT2D eigenvalue weighted by molar-refractivity contribution is -0.249. The molecule has 2 aliphatic carbocycles. The lowest BCUT2D eigenvalue weighted by Gasteiger charge is -2.43. The molecule has 7 atom stereocenters. The first-order valence-electron chi connectivity index (χ1n) is 15.4. The Labute approximate surface area is 270 Å². The summed E-state index contributed by atoms with van der Waals surface area (Å²) in [4.78, 5) is 53.1. The van der Waals surface area contributed by atoms with Gasteiger partial charge in [0.2, 0.25) is 11.7 Å². The molecule has 2 aromatic carbocycles. The fraction of sp³-hybridized carbons (Fsp3) is 0.515. The van der Waals surface area contributed by atoms with Crippen LogP contribution in [0.4, 0.5) is 0 Å². The summed E-state index contributed by atoms with van der Waals surface area (Å²) in [6, 6.07) is 2.61. The number of Topliss-reactive ketones (excluding diaryl/α,β-unsaturated/α-hetero) is 1. The van der Waals surface area contributed by atoms with Crippen LogP contribution in [-0.2, 0) is 25.5 Å². The van der Waals surface area contributed by atoms with Crippen molar-refractivity contribution in [1.29, 1.82) is 0 Å². The lowest BCUT2D eigenvalue weighted by Crippen LogP contribution is -2.58. The average Bonchev–Trinajstić information content (AvgIpc) is 3.02. The molecule has 14 heteroatoms. The number of ketones is 3. The van der Waals surface area contributed by atoms with Crippen LogP contribution in [0.1, 0.15) is 89.1 Å². The molecule has 1 fully saturated rings. The summed E-state index contributed by atoms with van der Waals surface area (Å²) < 4.78 is 17.4. The Bertz CT molecular complexity index is 1620. The van der Waals surface area contributed by atoms with Crippen LogP contribution in [0, 0.1) is 5.92 Å². The van der Waals surface area contributed by atoms with Crippen molar-refractivity contribution in [1.82, 2.24) is 5.32 Å². The Morgan fingerprint density at radius 2 is 1.81 bits per heavy atom. The summed E-state index contributed by atoms with van der Waals surface area (Å²) in [7, 11) is 1.31. The van der Waals surface area contributed by atoms with Gasteiger partial charge < -0.3 is 50.8 Å². The third kappa shape index (κ3) is 6.01. The molecule has 0 saturated carbocycles. The number of nitrogens with one attached hydrogen (secondary N) is 1. The number of rotatable bonds is 9. The quantitative estimate of drug-likeness (QED) is 0.156. The number of hydrogen-bond donors (Lipinski definition) is 7. The van der Waals surface area contributed by atoms with Crippen LogP contribution >= 0.6 is 0 Å². The molecule has 0 unspecified atom stereocenters. The maximum Gasteiger partial charge on any atom is 0.237 e. The predicted octanol–water partition coefficient (Wildman–Crippen LogP) is 0.532. The van der Waals surface area contributed by atoms with Crippen molar-refractivity contribution in [2.24, 2.45) is 11.7 Å². The smallest absolute Gasteiger partial charge is 0.237 e. The first-order valence-corrected chi connectivity index (χ1v) is 15.4. The fourth-order valence-corrected chi connectivity index (χ4v) is 6.76. The van der Waals surface area contributed by atoms with Crippen LogP contribution in [0.15, 0.2) is 18.2 Å². The van der Waals surface area contributed by atoms with Crippen molar-refractivity contribution in [3.05, 3.63) is 51.6 Å². The molecule has 0 bridgehead atoms. The van der Waals surface area contributed by atoms with Gasteiger partial charge in [-0.05, 0) is 25.3 Å². The minimum Gasteiger partial charge on any atom is -0.507 e. The van der Waals surface area contributed by atoms with Gasteiger partial charge in [0.05, 0.1) is 48.1 Å². The second-order valence-electron chi connectivity index (χ2n) is 12.8. The number of aromatic hydroxyl groups is 2. The average molecular weight is 657 g/mol. The lowest BCUT2D eigenvalue weighted by atomic mass is 9.72. The second kappa shape index (κ2) is 12.9. The summed E-state index contributed by atoms with van der Waals surface area (Å²) >= 11 is 0. The van der Waals surface area contributed by atoms with Crippen molar-refractivity contribution >= 4 is 23.3 Å². The number of fused-ring (bicyclic) bond motifs is 3. The number of hydrogen-bond acceptors (Lipinski definition) is 13. The van der Waals surface area contributed by atoms with E-state index in [9.17, 15) is 44.7 Å². The number of amides is 1. The molecule has 0 radical (unpaired) electrons. The predicted molar refractivity (Wildman–Crippen MR) is 163 cm³/mol. The van der Waals surface area contributed by atoms with E-state index < -0.39 is 108 Å². The molecule has 14 nitrogen and oxygen atoms in total. The van der Waals surface area contributed by atoms with E-state index >= 15 is 0 Å². The molecule has 2 aromatic rings. The molecule has 0 spiro atoms. The standard InChI is InChI=1S/C33H40N2O12/c1-13(2)8-17(34)32(43)35-18-9-22(46-14(3)27(18)38)47-20-11-33(44,21(37)12-36)10-16-24(20)31(42)26-25(29(16)40)28(39)15-6-5-7-19(45-4)23(15)30(26)41/h5-7,13-14,17-18,20,22,27,36,38,40,42,44H,8-12,34H2,1-4H3,(H,35,43)/t14-,17-,18-,20-,22-,27+,33-/m0/s1. The largest absolute Gasteiger partial charge is 0.507 e. The van der Waals surface area contributed by atoms with E-state index in [0.717, 1.165) is 0 Å². The SMILES string of the molecule is COc1cccc2c1C(=O)c1c(O)c3c(c(O)c1C2=O)C[C@@](O)(C(=O)CO)C[C@@H]3O[C@H]1C[C@H](NC(=O)[C@@H](N)CC(C)C)[C@H](O)[C@H](C)O1. The zero-order chi connectivity index (χ0) is 34.5. The van der Waals surface area contributed by atoms with Gasteiger partial charge in [-0.1, -0.05) is 26.0 Å². The highest BCUT2D eigenvalue weighted by atomic mass is 16.7. The molecular weight excluding hydrogens is 616 g/mol. The third-order valence-corrected chi connectivity index (χ3v) is 9.15. The Morgan fingerprint density at radius 3 is 2.45 bits per heavy atom. The Balaban J connectivity index is 1.56. The highest BCUT2D eigenvalue weighted by Crippen LogP contribution is 2.52. The number of carbonyl (C=O) groups is 4. The number of carbonyl (C=O) groups excluding carboxylic acids is 4. The number of aliphatic hydroxyl groups is 3. The van der Waals surface area contributed by atoms with Crippen LogP contribution < -0.4 is 15.8 Å². The third-order valence-electron chi connectivity index (χ3n) is 9.15. The Morgan fingerprint density at radius 1 is 1.13 bits per heavy atom. The normalized spacial score (nSPS) is 27.5. The highest BCUT2D eigenvalue weighted by Gasteiger charge is 2.50. The number of ether oxygens (including phenoxy) is 3. The van der Waals surface area contributed by atoms with E-state index in [1.807, 2.05) is 13.8 Å². The van der Waals surface area contributed by atoms with Gasteiger partial charge in [-0.2, -0.15) is 0 Å². The first-order chi connectivity index (χ1) is 22.1. The number of phenolic OH excluding ortho intramolecular Hbond substituents is 2. The molecule has 1 heterocycles. The van der Waals surface area contributed by atoms with Crippen LogP contribution in [0.2, 0.25) is 0 Å². The van der Waals surface area contributed by atoms with Gasteiger partial charge in [-0.25, -0.2) is 0 Å². The molecular formula is C33H40N2O12. The van der Waals surface area contributed by atoms with E-state index in [4.69, 9.17) is 19.9 Å². The van der Waals surface area contributed by atoms with Crippen molar-refractivity contribution < 1.29 is 58.9 Å². The van der Waals surface area contributed by atoms with Crippen molar-refractivity contribution in [2.45, 2.75) is 88.7 Å². The second-order valence-corrected chi connectivity index (χ2v) is 12.8. The minimum absolute atomic E-state index is 0.0724. The van der Waals surface area contributed by atoms with Crippen molar-refractivity contribution in [3.8, 4) is 17.2 Å². The summed E-state index contributed by atoms with van der Waals surface area (Å²) in [6.07, 6.45) is -5.56. The topological polar surface area (TPSA) is 235 Å². The molecule has 254 valence electrons. The van der Waals surface area contributed by atoms with Crippen molar-refractivity contribution in [2.75, 3.05) is 13.7 Å². The molecule has 47 heavy (non-hydrogen) atoms. The van der Waals surface area contributed by atoms with E-state index in [2.05, 4.69) is 5.32 Å². The highest BCUT2D eigenvalue weighted by molar-refractivity contribution is 6.31. The number of aliphatic hydroxyl groups excluding tert-OH is 2. The zero-order valence-corrected chi connectivity index (χ0v) is 26.5. The van der Waals surface area contributed by atoms with Gasteiger partial charge in [-0.3, -0.25) is 19.2 Å². The molecule has 3 aliphatic rings. The summed E-state index contributed by atoms with van der Waals surface area (Å²) in [5.41, 5.74) is 2.10. The summed E-state index contributed by atoms with van der Waals surface area (Å²) in [5, 5.41) is 57.8. The van der Waals surface area contributed by atoms with Crippen LogP contribution in [0.25, 0.3) is 0 Å². The maximum atomic E-state index is 13.8. The molecule has 8 N–H and O–H groups in total. The van der Waals surface area contributed by atoms with Crippen LogP contribution in [0.5, 0.6) is 17.2 Å². The number of nitrogens with two attached hydrogens (primary N) is 1. The van der Waals surface area contributed by atoms with Crippen LogP contribution in [-0.4, -0.2) is 98.7 Å². The Kier molecular flexibility index (Phi) is 9.48.